The van der Waals surface area contributed by atoms with E-state index in [1.807, 2.05) is 0 Å². The number of rotatable bonds is 3. The molecule has 0 unspecified atom stereocenters. The predicted molar refractivity (Wildman–Crippen MR) is 79.9 cm³/mol. The number of nitro groups is 1. The van der Waals surface area contributed by atoms with E-state index in [0.717, 1.165) is 0 Å². The third-order valence-corrected chi connectivity index (χ3v) is 3.35. The van der Waals surface area contributed by atoms with Crippen LogP contribution in [0.1, 0.15) is 15.9 Å². The minimum absolute atomic E-state index is 0.0410. The minimum Gasteiger partial charge on any atom is -0.319 e. The van der Waals surface area contributed by atoms with E-state index in [1.54, 1.807) is 19.1 Å². The number of nitrogens with one attached hydrogen (secondary N) is 1. The van der Waals surface area contributed by atoms with E-state index < -0.39 is 16.6 Å². The molecule has 0 bridgehead atoms. The second kappa shape index (κ2) is 6.01. The van der Waals surface area contributed by atoms with Crippen LogP contribution in [0, 0.1) is 22.9 Å². The lowest BCUT2D eigenvalue weighted by Gasteiger charge is -2.09. The third kappa shape index (κ3) is 3.25. The highest BCUT2D eigenvalue weighted by Crippen LogP contribution is 2.25. The smallest absolute Gasteiger partial charge is 0.282 e. The van der Waals surface area contributed by atoms with Gasteiger partial charge in [0.2, 0.25) is 0 Å². The largest absolute Gasteiger partial charge is 0.319 e. The summed E-state index contributed by atoms with van der Waals surface area (Å²) < 4.78 is 14.2. The van der Waals surface area contributed by atoms with Gasteiger partial charge in [-0.1, -0.05) is 28.1 Å². The average Bonchev–Trinajstić information content (AvgIpc) is 2.41. The van der Waals surface area contributed by atoms with Gasteiger partial charge in [0.05, 0.1) is 10.6 Å². The van der Waals surface area contributed by atoms with E-state index in [2.05, 4.69) is 21.2 Å². The number of nitrogens with zero attached hydrogens (tertiary/aromatic N) is 1. The lowest BCUT2D eigenvalue weighted by atomic mass is 10.1. The van der Waals surface area contributed by atoms with E-state index in [9.17, 15) is 19.3 Å². The number of nitro benzene ring substituents is 1. The SMILES string of the molecule is Cc1cccc([N+](=O)[O-])c1C(=O)Nc1ccc(Br)cc1F. The molecule has 0 aliphatic rings. The van der Waals surface area contributed by atoms with Crippen molar-refractivity contribution in [2.24, 2.45) is 0 Å². The number of anilines is 1. The van der Waals surface area contributed by atoms with Gasteiger partial charge >= 0.3 is 0 Å². The number of hydrogen-bond acceptors (Lipinski definition) is 3. The minimum atomic E-state index is -0.721. The molecule has 0 radical (unpaired) electrons. The first-order chi connectivity index (χ1) is 9.90. The standard InChI is InChI=1S/C14H10BrFN2O3/c1-8-3-2-4-12(18(20)21)13(8)14(19)17-11-6-5-9(15)7-10(11)16/h2-7H,1H3,(H,17,19). The van der Waals surface area contributed by atoms with Crippen LogP contribution in [0.2, 0.25) is 0 Å². The summed E-state index contributed by atoms with van der Waals surface area (Å²) in [6.07, 6.45) is 0. The van der Waals surface area contributed by atoms with Crippen LogP contribution in [0.5, 0.6) is 0 Å². The second-order valence-electron chi connectivity index (χ2n) is 4.30. The first-order valence-corrected chi connectivity index (χ1v) is 6.70. The van der Waals surface area contributed by atoms with Crippen LogP contribution in [0.3, 0.4) is 0 Å². The van der Waals surface area contributed by atoms with Crippen LogP contribution < -0.4 is 5.32 Å². The van der Waals surface area contributed by atoms with Crippen LogP contribution in [0.25, 0.3) is 0 Å². The molecule has 0 fully saturated rings. The first kappa shape index (κ1) is 15.1. The van der Waals surface area contributed by atoms with Gasteiger partial charge in [-0.05, 0) is 30.7 Å². The Morgan fingerprint density at radius 1 is 1.33 bits per heavy atom. The molecular weight excluding hydrogens is 343 g/mol. The van der Waals surface area contributed by atoms with Crippen molar-refractivity contribution in [2.75, 3.05) is 5.32 Å². The maximum atomic E-state index is 13.7. The number of carbonyl (C=O) groups excluding carboxylic acids is 1. The lowest BCUT2D eigenvalue weighted by molar-refractivity contribution is -0.385. The summed E-state index contributed by atoms with van der Waals surface area (Å²) in [4.78, 5) is 22.6. The molecule has 0 saturated heterocycles. The summed E-state index contributed by atoms with van der Waals surface area (Å²) in [5.41, 5.74) is 0.00908. The van der Waals surface area contributed by atoms with Crippen LogP contribution >= 0.6 is 15.9 Å². The van der Waals surface area contributed by atoms with Crippen LogP contribution in [-0.2, 0) is 0 Å². The monoisotopic (exact) mass is 352 g/mol. The third-order valence-electron chi connectivity index (χ3n) is 2.85. The van der Waals surface area contributed by atoms with E-state index in [4.69, 9.17) is 0 Å². The van der Waals surface area contributed by atoms with Crippen LogP contribution in [0.4, 0.5) is 15.8 Å². The quantitative estimate of drug-likeness (QED) is 0.668. The fourth-order valence-electron chi connectivity index (χ4n) is 1.88. The molecule has 108 valence electrons. The molecule has 1 amide bonds. The van der Waals surface area contributed by atoms with Gasteiger partial charge in [-0.3, -0.25) is 14.9 Å². The zero-order chi connectivity index (χ0) is 15.6. The molecule has 21 heavy (non-hydrogen) atoms. The number of hydrogen-bond donors (Lipinski definition) is 1. The van der Waals surface area contributed by atoms with Crippen molar-refractivity contribution in [3.05, 3.63) is 67.9 Å². The van der Waals surface area contributed by atoms with Gasteiger partial charge in [0.1, 0.15) is 11.4 Å². The first-order valence-electron chi connectivity index (χ1n) is 5.90. The maximum absolute atomic E-state index is 13.7. The van der Waals surface area contributed by atoms with Crippen LogP contribution in [0.15, 0.2) is 40.9 Å². The van der Waals surface area contributed by atoms with Crippen molar-refractivity contribution in [3.8, 4) is 0 Å². The number of carbonyl (C=O) groups is 1. The zero-order valence-corrected chi connectivity index (χ0v) is 12.5. The Kier molecular flexibility index (Phi) is 4.32. The number of amides is 1. The maximum Gasteiger partial charge on any atom is 0.282 e. The van der Waals surface area contributed by atoms with Crippen molar-refractivity contribution in [2.45, 2.75) is 6.92 Å². The Hall–Kier alpha value is -2.28. The summed E-state index contributed by atoms with van der Waals surface area (Å²) in [7, 11) is 0. The van der Waals surface area contributed by atoms with Gasteiger partial charge < -0.3 is 5.32 Å². The number of aryl methyl sites for hydroxylation is 1. The highest BCUT2D eigenvalue weighted by Gasteiger charge is 2.22. The van der Waals surface area contributed by atoms with Gasteiger partial charge in [0.25, 0.3) is 11.6 Å². The fourth-order valence-corrected chi connectivity index (χ4v) is 2.21. The summed E-state index contributed by atoms with van der Waals surface area (Å²) in [5, 5.41) is 13.3. The molecule has 0 aliphatic heterocycles. The highest BCUT2D eigenvalue weighted by molar-refractivity contribution is 9.10. The molecule has 1 N–H and O–H groups in total. The molecular formula is C14H10BrFN2O3. The molecule has 2 rings (SSSR count). The molecule has 2 aromatic rings. The molecule has 0 atom stereocenters. The molecule has 5 nitrogen and oxygen atoms in total. The highest BCUT2D eigenvalue weighted by atomic mass is 79.9. The Labute approximate surface area is 128 Å². The number of halogens is 2. The lowest BCUT2D eigenvalue weighted by Crippen LogP contribution is -2.16. The van der Waals surface area contributed by atoms with Gasteiger partial charge in [-0.15, -0.1) is 0 Å². The molecule has 0 saturated carbocycles. The molecule has 0 heterocycles. The van der Waals surface area contributed by atoms with Crippen molar-refractivity contribution >= 4 is 33.2 Å². The van der Waals surface area contributed by atoms with Crippen molar-refractivity contribution in [1.29, 1.82) is 0 Å². The van der Waals surface area contributed by atoms with Crippen molar-refractivity contribution in [1.82, 2.24) is 0 Å². The average molecular weight is 353 g/mol. The predicted octanol–water partition coefficient (Wildman–Crippen LogP) is 4.06. The van der Waals surface area contributed by atoms with E-state index in [0.29, 0.717) is 10.0 Å². The van der Waals surface area contributed by atoms with Gasteiger partial charge in [0.15, 0.2) is 0 Å². The van der Waals surface area contributed by atoms with Gasteiger partial charge in [-0.25, -0.2) is 4.39 Å². The Bertz CT molecular complexity index is 734. The summed E-state index contributed by atoms with van der Waals surface area (Å²) >= 11 is 3.11. The van der Waals surface area contributed by atoms with E-state index >= 15 is 0 Å². The summed E-state index contributed by atoms with van der Waals surface area (Å²) in [5.74, 6) is -1.35. The van der Waals surface area contributed by atoms with Crippen molar-refractivity contribution < 1.29 is 14.1 Å². The Balaban J connectivity index is 2.39. The zero-order valence-electron chi connectivity index (χ0n) is 10.9. The fraction of sp³-hybridized carbons (Fsp3) is 0.0714. The molecule has 7 heteroatoms. The molecule has 0 aromatic heterocycles. The van der Waals surface area contributed by atoms with E-state index in [-0.39, 0.29) is 16.9 Å². The number of benzene rings is 2. The normalized spacial score (nSPS) is 10.2. The topological polar surface area (TPSA) is 72.2 Å². The molecule has 2 aromatic carbocycles. The van der Waals surface area contributed by atoms with Gasteiger partial charge in [-0.2, -0.15) is 0 Å². The van der Waals surface area contributed by atoms with Gasteiger partial charge in [0, 0.05) is 10.5 Å². The molecule has 0 aliphatic carbocycles. The van der Waals surface area contributed by atoms with Crippen LogP contribution in [-0.4, -0.2) is 10.8 Å². The molecule has 0 spiro atoms. The Morgan fingerprint density at radius 3 is 2.67 bits per heavy atom. The second-order valence-corrected chi connectivity index (χ2v) is 5.22. The summed E-state index contributed by atoms with van der Waals surface area (Å²) in [6, 6.07) is 8.44. The Morgan fingerprint density at radius 2 is 2.05 bits per heavy atom. The van der Waals surface area contributed by atoms with E-state index in [1.165, 1.54) is 24.3 Å². The van der Waals surface area contributed by atoms with Crippen molar-refractivity contribution in [3.63, 3.8) is 0 Å². The summed E-state index contributed by atoms with van der Waals surface area (Å²) in [6.45, 7) is 1.58.